The van der Waals surface area contributed by atoms with Crippen LogP contribution in [0.25, 0.3) is 22.5 Å². The van der Waals surface area contributed by atoms with Crippen molar-refractivity contribution in [2.75, 3.05) is 18.5 Å². The van der Waals surface area contributed by atoms with Crippen LogP contribution in [0.5, 0.6) is 5.75 Å². The second kappa shape index (κ2) is 9.85. The number of anilines is 1. The van der Waals surface area contributed by atoms with Gasteiger partial charge >= 0.3 is 12.1 Å². The Morgan fingerprint density at radius 2 is 1.86 bits per heavy atom. The third-order valence-electron chi connectivity index (χ3n) is 6.69. The molecule has 10 heteroatoms. The molecule has 1 saturated carbocycles. The summed E-state index contributed by atoms with van der Waals surface area (Å²) in [6, 6.07) is 13.3. The Morgan fingerprint density at radius 3 is 2.53 bits per heavy atom. The Kier molecular flexibility index (Phi) is 6.61. The molecule has 1 saturated heterocycles. The normalized spacial score (nSPS) is 22.0. The molecule has 1 aromatic heterocycles. The molecule has 3 N–H and O–H groups in total. The molecule has 0 amide bonds. The Labute approximate surface area is 205 Å². The van der Waals surface area contributed by atoms with E-state index in [1.165, 1.54) is 6.07 Å². The van der Waals surface area contributed by atoms with Crippen LogP contribution in [0.3, 0.4) is 0 Å². The van der Waals surface area contributed by atoms with Crippen molar-refractivity contribution in [2.24, 2.45) is 5.92 Å². The first-order chi connectivity index (χ1) is 17.3. The van der Waals surface area contributed by atoms with Crippen molar-refractivity contribution in [3.05, 3.63) is 54.1 Å². The summed E-state index contributed by atoms with van der Waals surface area (Å²) in [6.45, 7) is 0.753. The van der Waals surface area contributed by atoms with Crippen LogP contribution in [-0.2, 0) is 15.7 Å². The summed E-state index contributed by atoms with van der Waals surface area (Å²) in [5.41, 5.74) is 2.25. The number of carboxylic acids is 1. The third-order valence-corrected chi connectivity index (χ3v) is 6.69. The number of nitrogens with zero attached hydrogens (tertiary/aromatic N) is 1. The maximum absolute atomic E-state index is 13.8. The molecule has 2 heterocycles. The fourth-order valence-electron chi connectivity index (χ4n) is 4.74. The third kappa shape index (κ3) is 5.33. The van der Waals surface area contributed by atoms with Gasteiger partial charge in [0.1, 0.15) is 11.9 Å². The first-order valence-electron chi connectivity index (χ1n) is 11.9. The highest BCUT2D eigenvalue weighted by atomic mass is 19.4. The van der Waals surface area contributed by atoms with Gasteiger partial charge in [-0.15, -0.1) is 0 Å². The zero-order valence-corrected chi connectivity index (χ0v) is 19.3. The molecule has 2 fully saturated rings. The van der Waals surface area contributed by atoms with Gasteiger partial charge in [-0.3, -0.25) is 9.89 Å². The number of carboxylic acid groups (broad SMARTS) is 1. The van der Waals surface area contributed by atoms with Gasteiger partial charge in [0.25, 0.3) is 0 Å². The molecular weight excluding hydrogens is 475 g/mol. The average Bonchev–Trinajstić information content (AvgIpc) is 3.62. The van der Waals surface area contributed by atoms with Gasteiger partial charge in [-0.2, -0.15) is 18.3 Å². The first kappa shape index (κ1) is 24.2. The van der Waals surface area contributed by atoms with Crippen molar-refractivity contribution >= 4 is 11.7 Å². The number of H-pyrrole nitrogens is 1. The van der Waals surface area contributed by atoms with Crippen LogP contribution in [0.1, 0.15) is 31.2 Å². The number of aromatic nitrogens is 2. The highest BCUT2D eigenvalue weighted by molar-refractivity contribution is 5.71. The Balaban J connectivity index is 1.30. The standard InChI is InChI=1S/C26H26F3N3O4/c27-26(28,29)21-12-16(4-8-24(21)36-20-9-10-35-14-20)23-13-22(31-32-23)15-1-5-18(6-2-15)30-19-7-3-17(11-19)25(33)34/h1-2,4-6,8,12-13,17,19-20,30H,3,7,9-11,14H2,(H,31,32)(H,33,34)/t17?,19?,20-/m0/s1. The molecule has 7 nitrogen and oxygen atoms in total. The van der Waals surface area contributed by atoms with Gasteiger partial charge in [-0.05, 0) is 61.2 Å². The minimum Gasteiger partial charge on any atom is -0.487 e. The summed E-state index contributed by atoms with van der Waals surface area (Å²) in [7, 11) is 0. The smallest absolute Gasteiger partial charge is 0.419 e. The van der Waals surface area contributed by atoms with E-state index in [0.717, 1.165) is 23.7 Å². The zero-order chi connectivity index (χ0) is 25.3. The fourth-order valence-corrected chi connectivity index (χ4v) is 4.74. The van der Waals surface area contributed by atoms with E-state index in [2.05, 4.69) is 15.5 Å². The lowest BCUT2D eigenvalue weighted by molar-refractivity contribution is -0.141. The van der Waals surface area contributed by atoms with Crippen LogP contribution in [-0.4, -0.2) is 46.6 Å². The number of carbonyl (C=O) groups is 1. The van der Waals surface area contributed by atoms with Crippen LogP contribution in [0.2, 0.25) is 0 Å². The molecule has 3 aromatic rings. The molecule has 1 aliphatic heterocycles. The topological polar surface area (TPSA) is 96.5 Å². The number of aromatic amines is 1. The van der Waals surface area contributed by atoms with Crippen LogP contribution < -0.4 is 10.1 Å². The van der Waals surface area contributed by atoms with Crippen molar-refractivity contribution in [2.45, 2.75) is 44.0 Å². The molecule has 3 atom stereocenters. The Bertz CT molecular complexity index is 1220. The highest BCUT2D eigenvalue weighted by Gasteiger charge is 2.36. The minimum absolute atomic E-state index is 0.117. The lowest BCUT2D eigenvalue weighted by atomic mass is 10.0. The molecule has 5 rings (SSSR count). The quantitative estimate of drug-likeness (QED) is 0.390. The number of benzene rings is 2. The van der Waals surface area contributed by atoms with Gasteiger partial charge < -0.3 is 19.9 Å². The predicted octanol–water partition coefficient (Wildman–Crippen LogP) is 5.60. The van der Waals surface area contributed by atoms with Crippen LogP contribution in [0, 0.1) is 5.92 Å². The van der Waals surface area contributed by atoms with E-state index in [9.17, 15) is 18.0 Å². The van der Waals surface area contributed by atoms with Crippen molar-refractivity contribution in [3.63, 3.8) is 0 Å². The number of rotatable bonds is 7. The molecular formula is C26H26F3N3O4. The van der Waals surface area contributed by atoms with E-state index in [-0.39, 0.29) is 24.3 Å². The van der Waals surface area contributed by atoms with E-state index >= 15 is 0 Å². The maximum Gasteiger partial charge on any atom is 0.419 e. The van der Waals surface area contributed by atoms with Gasteiger partial charge in [0.15, 0.2) is 0 Å². The monoisotopic (exact) mass is 501 g/mol. The molecule has 2 unspecified atom stereocenters. The van der Waals surface area contributed by atoms with E-state index in [1.807, 2.05) is 24.3 Å². The van der Waals surface area contributed by atoms with Gasteiger partial charge in [-0.25, -0.2) is 0 Å². The highest BCUT2D eigenvalue weighted by Crippen LogP contribution is 2.40. The van der Waals surface area contributed by atoms with Crippen LogP contribution >= 0.6 is 0 Å². The second-order valence-corrected chi connectivity index (χ2v) is 9.25. The molecule has 0 spiro atoms. The van der Waals surface area contributed by atoms with Crippen molar-refractivity contribution in [1.29, 1.82) is 0 Å². The Morgan fingerprint density at radius 1 is 1.08 bits per heavy atom. The predicted molar refractivity (Wildman–Crippen MR) is 127 cm³/mol. The molecule has 1 aliphatic carbocycles. The molecule has 2 aliphatic rings. The number of hydrogen-bond acceptors (Lipinski definition) is 5. The van der Waals surface area contributed by atoms with E-state index in [0.29, 0.717) is 42.8 Å². The largest absolute Gasteiger partial charge is 0.487 e. The minimum atomic E-state index is -4.57. The van der Waals surface area contributed by atoms with Gasteiger partial charge in [-0.1, -0.05) is 12.1 Å². The number of aliphatic carboxylic acids is 1. The molecule has 2 aromatic carbocycles. The number of hydrogen-bond donors (Lipinski definition) is 3. The molecule has 0 radical (unpaired) electrons. The van der Waals surface area contributed by atoms with Crippen LogP contribution in [0.4, 0.5) is 18.9 Å². The summed E-state index contributed by atoms with van der Waals surface area (Å²) in [5, 5.41) is 19.7. The zero-order valence-electron chi connectivity index (χ0n) is 19.3. The lowest BCUT2D eigenvalue weighted by Crippen LogP contribution is -2.18. The number of alkyl halides is 3. The second-order valence-electron chi connectivity index (χ2n) is 9.25. The summed E-state index contributed by atoms with van der Waals surface area (Å²) in [4.78, 5) is 11.2. The molecule has 190 valence electrons. The van der Waals surface area contributed by atoms with Gasteiger partial charge in [0.2, 0.25) is 0 Å². The lowest BCUT2D eigenvalue weighted by Gasteiger charge is -2.18. The fraction of sp³-hybridized carbons (Fsp3) is 0.385. The summed E-state index contributed by atoms with van der Waals surface area (Å²) < 4.78 is 52.0. The number of halogens is 3. The van der Waals surface area contributed by atoms with Crippen molar-refractivity contribution in [1.82, 2.24) is 10.2 Å². The SMILES string of the molecule is O=C(O)C1CCC(Nc2ccc(-c3cc(-c4ccc(O[C@H]5CCOC5)c(C(F)(F)F)c4)n[nH]3)cc2)C1. The van der Waals surface area contributed by atoms with Crippen molar-refractivity contribution < 1.29 is 32.5 Å². The molecule has 0 bridgehead atoms. The summed E-state index contributed by atoms with van der Waals surface area (Å²) >= 11 is 0. The Hall–Kier alpha value is -3.53. The van der Waals surface area contributed by atoms with E-state index in [4.69, 9.17) is 14.6 Å². The average molecular weight is 502 g/mol. The maximum atomic E-state index is 13.8. The summed E-state index contributed by atoms with van der Waals surface area (Å²) in [5.74, 6) is -1.27. The number of ether oxygens (including phenoxy) is 2. The van der Waals surface area contributed by atoms with Crippen LogP contribution in [0.15, 0.2) is 48.5 Å². The summed E-state index contributed by atoms with van der Waals surface area (Å²) in [6.07, 6.45) is -2.34. The van der Waals surface area contributed by atoms with E-state index < -0.39 is 23.8 Å². The first-order valence-corrected chi connectivity index (χ1v) is 11.9. The number of nitrogens with one attached hydrogen (secondary N) is 2. The van der Waals surface area contributed by atoms with Gasteiger partial charge in [0, 0.05) is 23.7 Å². The molecule has 36 heavy (non-hydrogen) atoms. The van der Waals surface area contributed by atoms with Gasteiger partial charge in [0.05, 0.1) is 36.1 Å². The van der Waals surface area contributed by atoms with Crippen molar-refractivity contribution in [3.8, 4) is 28.3 Å². The van der Waals surface area contributed by atoms with E-state index in [1.54, 1.807) is 12.1 Å².